The molecule has 0 bridgehead atoms. The van der Waals surface area contributed by atoms with E-state index in [9.17, 15) is 8.78 Å². The van der Waals surface area contributed by atoms with Crippen LogP contribution in [0.15, 0.2) is 30.3 Å². The van der Waals surface area contributed by atoms with Crippen LogP contribution in [0.5, 0.6) is 5.75 Å². The summed E-state index contributed by atoms with van der Waals surface area (Å²) in [5.74, 6) is -0.502. The smallest absolute Gasteiger partial charge is 0.182 e. The van der Waals surface area contributed by atoms with Gasteiger partial charge in [-0.15, -0.1) is 11.3 Å². The van der Waals surface area contributed by atoms with Gasteiger partial charge in [0.1, 0.15) is 5.82 Å². The fourth-order valence-corrected chi connectivity index (χ4v) is 3.18. The molecule has 0 aliphatic carbocycles. The predicted molar refractivity (Wildman–Crippen MR) is 93.1 cm³/mol. The van der Waals surface area contributed by atoms with Gasteiger partial charge in [0, 0.05) is 10.8 Å². The molecule has 3 aromatic rings. The SMILES string of the molecule is CC.CC.CCOc1ccc2c(sc3c(F)cccc32)c1F. The van der Waals surface area contributed by atoms with Crippen molar-refractivity contribution in [3.05, 3.63) is 42.0 Å². The molecule has 2 aromatic carbocycles. The fraction of sp³-hybridized carbons (Fsp3) is 0.333. The molecule has 0 radical (unpaired) electrons. The maximum atomic E-state index is 14.2. The summed E-state index contributed by atoms with van der Waals surface area (Å²) in [4.78, 5) is 0. The summed E-state index contributed by atoms with van der Waals surface area (Å²) in [6.07, 6.45) is 0. The molecule has 0 aliphatic rings. The van der Waals surface area contributed by atoms with Crippen molar-refractivity contribution in [2.45, 2.75) is 34.6 Å². The molecule has 1 heterocycles. The van der Waals surface area contributed by atoms with Crippen LogP contribution in [0.2, 0.25) is 0 Å². The number of hydrogen-bond acceptors (Lipinski definition) is 2. The molecule has 1 nitrogen and oxygen atoms in total. The highest BCUT2D eigenvalue weighted by atomic mass is 32.1. The highest BCUT2D eigenvalue weighted by Gasteiger charge is 2.15. The molecule has 4 heteroatoms. The number of ether oxygens (including phenoxy) is 1. The van der Waals surface area contributed by atoms with Crippen LogP contribution in [0.4, 0.5) is 8.78 Å². The number of halogens is 2. The molecular formula is C18H22F2OS. The van der Waals surface area contributed by atoms with Gasteiger partial charge in [0.25, 0.3) is 0 Å². The normalized spacial score (nSPS) is 9.77. The molecule has 0 spiro atoms. The van der Waals surface area contributed by atoms with Gasteiger partial charge in [-0.1, -0.05) is 39.8 Å². The van der Waals surface area contributed by atoms with Crippen LogP contribution in [0.25, 0.3) is 20.2 Å². The average molecular weight is 324 g/mol. The van der Waals surface area contributed by atoms with Crippen LogP contribution in [-0.2, 0) is 0 Å². The predicted octanol–water partition coefficient (Wildman–Crippen LogP) is 6.78. The van der Waals surface area contributed by atoms with Crippen molar-refractivity contribution in [1.29, 1.82) is 0 Å². The Morgan fingerprint density at radius 3 is 2.18 bits per heavy atom. The summed E-state index contributed by atoms with van der Waals surface area (Å²) >= 11 is 1.12. The number of thiophene rings is 1. The lowest BCUT2D eigenvalue weighted by atomic mass is 10.1. The van der Waals surface area contributed by atoms with E-state index in [0.29, 0.717) is 16.0 Å². The molecule has 0 atom stereocenters. The van der Waals surface area contributed by atoms with Crippen molar-refractivity contribution >= 4 is 31.5 Å². The molecule has 120 valence electrons. The third-order valence-electron chi connectivity index (χ3n) is 2.82. The monoisotopic (exact) mass is 324 g/mol. The fourth-order valence-electron chi connectivity index (χ4n) is 2.04. The largest absolute Gasteiger partial charge is 0.491 e. The first-order chi connectivity index (χ1) is 10.7. The lowest BCUT2D eigenvalue weighted by molar-refractivity contribution is 0.323. The van der Waals surface area contributed by atoms with E-state index in [-0.39, 0.29) is 11.6 Å². The third kappa shape index (κ3) is 3.38. The minimum absolute atomic E-state index is 0.219. The van der Waals surface area contributed by atoms with Crippen LogP contribution in [-0.4, -0.2) is 6.61 Å². The number of benzene rings is 2. The highest BCUT2D eigenvalue weighted by Crippen LogP contribution is 2.39. The lowest BCUT2D eigenvalue weighted by Crippen LogP contribution is -1.93. The topological polar surface area (TPSA) is 9.23 Å². The first-order valence-electron chi connectivity index (χ1n) is 7.64. The van der Waals surface area contributed by atoms with Crippen molar-refractivity contribution in [2.75, 3.05) is 6.61 Å². The molecule has 3 rings (SSSR count). The van der Waals surface area contributed by atoms with Gasteiger partial charge in [-0.2, -0.15) is 0 Å². The summed E-state index contributed by atoms with van der Waals surface area (Å²) in [5.41, 5.74) is 0. The first-order valence-corrected chi connectivity index (χ1v) is 8.46. The Bertz CT molecular complexity index is 735. The third-order valence-corrected chi connectivity index (χ3v) is 4.05. The molecule has 0 saturated carbocycles. The van der Waals surface area contributed by atoms with Crippen molar-refractivity contribution in [2.24, 2.45) is 0 Å². The summed E-state index contributed by atoms with van der Waals surface area (Å²) in [5, 5.41) is 1.48. The van der Waals surface area contributed by atoms with Gasteiger partial charge in [-0.05, 0) is 25.1 Å². The molecule has 0 saturated heterocycles. The molecule has 0 amide bonds. The van der Waals surface area contributed by atoms with E-state index in [1.807, 2.05) is 27.7 Å². The van der Waals surface area contributed by atoms with E-state index in [2.05, 4.69) is 0 Å². The van der Waals surface area contributed by atoms with Gasteiger partial charge in [-0.3, -0.25) is 0 Å². The zero-order valence-corrected chi connectivity index (χ0v) is 14.5. The first kappa shape index (κ1) is 18.4. The second-order valence-electron chi connectivity index (χ2n) is 3.91. The summed E-state index contributed by atoms with van der Waals surface area (Å²) in [7, 11) is 0. The van der Waals surface area contributed by atoms with Gasteiger partial charge in [0.2, 0.25) is 0 Å². The van der Waals surface area contributed by atoms with Gasteiger partial charge in [0.15, 0.2) is 11.6 Å². The van der Waals surface area contributed by atoms with E-state index >= 15 is 0 Å². The Balaban J connectivity index is 0.000000561. The van der Waals surface area contributed by atoms with Crippen molar-refractivity contribution in [3.8, 4) is 5.75 Å². The molecule has 22 heavy (non-hydrogen) atoms. The van der Waals surface area contributed by atoms with Gasteiger partial charge in [-0.25, -0.2) is 8.78 Å². The van der Waals surface area contributed by atoms with Crippen LogP contribution in [0.1, 0.15) is 34.6 Å². The molecule has 1 aromatic heterocycles. The Labute approximate surface area is 134 Å². The highest BCUT2D eigenvalue weighted by molar-refractivity contribution is 7.25. The molecular weight excluding hydrogens is 302 g/mol. The second kappa shape index (κ2) is 8.69. The second-order valence-corrected chi connectivity index (χ2v) is 4.93. The standard InChI is InChI=1S/C14H10F2OS.2C2H6/c1-2-17-11-7-6-9-8-4-3-5-10(15)13(8)18-14(9)12(11)16;2*1-2/h3-7H,2H2,1H3;2*1-2H3. The zero-order chi connectivity index (χ0) is 16.7. The van der Waals surface area contributed by atoms with Gasteiger partial charge < -0.3 is 4.74 Å². The van der Waals surface area contributed by atoms with Crippen molar-refractivity contribution in [3.63, 3.8) is 0 Å². The van der Waals surface area contributed by atoms with Gasteiger partial charge in [0.05, 0.1) is 16.0 Å². The summed E-state index contributed by atoms with van der Waals surface area (Å²) in [6, 6.07) is 8.20. The number of rotatable bonds is 2. The Hall–Kier alpha value is -1.68. The van der Waals surface area contributed by atoms with E-state index in [1.165, 1.54) is 6.07 Å². The van der Waals surface area contributed by atoms with E-state index < -0.39 is 5.82 Å². The van der Waals surface area contributed by atoms with Crippen molar-refractivity contribution < 1.29 is 13.5 Å². The average Bonchev–Trinajstić information content (AvgIpc) is 2.95. The quantitative estimate of drug-likeness (QED) is 0.504. The Kier molecular flexibility index (Phi) is 7.25. The summed E-state index contributed by atoms with van der Waals surface area (Å²) in [6.45, 7) is 10.2. The number of hydrogen-bond donors (Lipinski definition) is 0. The van der Waals surface area contributed by atoms with E-state index in [1.54, 1.807) is 31.2 Å². The maximum Gasteiger partial charge on any atom is 0.182 e. The Morgan fingerprint density at radius 1 is 0.909 bits per heavy atom. The molecule has 0 N–H and O–H groups in total. The van der Waals surface area contributed by atoms with Crippen LogP contribution < -0.4 is 4.74 Å². The van der Waals surface area contributed by atoms with Crippen LogP contribution in [0, 0.1) is 11.6 Å². The lowest BCUT2D eigenvalue weighted by Gasteiger charge is -2.04. The zero-order valence-electron chi connectivity index (χ0n) is 13.7. The Morgan fingerprint density at radius 2 is 1.55 bits per heavy atom. The maximum absolute atomic E-state index is 14.2. The van der Waals surface area contributed by atoms with Crippen LogP contribution in [0.3, 0.4) is 0 Å². The van der Waals surface area contributed by atoms with Crippen LogP contribution >= 0.6 is 11.3 Å². The summed E-state index contributed by atoms with van der Waals surface area (Å²) < 4.78 is 34.0. The van der Waals surface area contributed by atoms with Gasteiger partial charge >= 0.3 is 0 Å². The minimum atomic E-state index is -0.407. The van der Waals surface area contributed by atoms with E-state index in [4.69, 9.17) is 4.74 Å². The molecule has 0 aliphatic heterocycles. The number of fused-ring (bicyclic) bond motifs is 3. The molecule has 0 unspecified atom stereocenters. The minimum Gasteiger partial charge on any atom is -0.491 e. The van der Waals surface area contributed by atoms with E-state index in [0.717, 1.165) is 22.1 Å². The van der Waals surface area contributed by atoms with Crippen molar-refractivity contribution in [1.82, 2.24) is 0 Å². The molecule has 0 fully saturated rings.